The summed E-state index contributed by atoms with van der Waals surface area (Å²) in [6.45, 7) is 0.902. The molecule has 0 bridgehead atoms. The first-order chi connectivity index (χ1) is 7.22. The zero-order valence-electron chi connectivity index (χ0n) is 8.43. The molecule has 1 aliphatic rings. The second-order valence-electron chi connectivity index (χ2n) is 3.49. The van der Waals surface area contributed by atoms with Crippen LogP contribution in [0.4, 0.5) is 0 Å². The first kappa shape index (κ1) is 10.6. The van der Waals surface area contributed by atoms with E-state index in [0.29, 0.717) is 18.1 Å². The van der Waals surface area contributed by atoms with Gasteiger partial charge in [0.05, 0.1) is 31.1 Å². The van der Waals surface area contributed by atoms with Gasteiger partial charge in [-0.2, -0.15) is 0 Å². The molecule has 2 atom stereocenters. The quantitative estimate of drug-likeness (QED) is 0.780. The van der Waals surface area contributed by atoms with Crippen molar-refractivity contribution in [3.63, 3.8) is 0 Å². The van der Waals surface area contributed by atoms with Crippen molar-refractivity contribution in [3.05, 3.63) is 17.0 Å². The lowest BCUT2D eigenvalue weighted by Gasteiger charge is -2.09. The van der Waals surface area contributed by atoms with Gasteiger partial charge in [-0.25, -0.2) is 0 Å². The molecule has 0 spiro atoms. The van der Waals surface area contributed by atoms with Gasteiger partial charge in [-0.1, -0.05) is 11.3 Å². The molecule has 2 rings (SSSR count). The summed E-state index contributed by atoms with van der Waals surface area (Å²) in [6.07, 6.45) is 0. The zero-order chi connectivity index (χ0) is 10.8. The largest absolute Gasteiger partial charge is 0.487 e. The van der Waals surface area contributed by atoms with Crippen LogP contribution in [0, 0.1) is 5.92 Å². The van der Waals surface area contributed by atoms with Crippen LogP contribution in [-0.4, -0.2) is 32.1 Å². The first-order valence-corrected chi connectivity index (χ1v) is 5.55. The molecule has 2 heterocycles. The molecule has 2 unspecified atom stereocenters. The van der Waals surface area contributed by atoms with Crippen molar-refractivity contribution in [2.75, 3.05) is 20.3 Å². The van der Waals surface area contributed by atoms with Gasteiger partial charge in [-0.15, -0.1) is 0 Å². The molecule has 1 aromatic rings. The summed E-state index contributed by atoms with van der Waals surface area (Å²) in [5, 5.41) is 0.742. The summed E-state index contributed by atoms with van der Waals surface area (Å²) in [7, 11) is 1.59. The van der Waals surface area contributed by atoms with Crippen molar-refractivity contribution < 1.29 is 14.3 Å². The number of carbonyl (C=O) groups is 1. The van der Waals surface area contributed by atoms with Gasteiger partial charge in [0.25, 0.3) is 0 Å². The summed E-state index contributed by atoms with van der Waals surface area (Å²) < 4.78 is 10.2. The Hall–Kier alpha value is -0.910. The highest BCUT2D eigenvalue weighted by Gasteiger charge is 2.32. The fourth-order valence-corrected chi connectivity index (χ4v) is 2.41. The Kier molecular flexibility index (Phi) is 3.04. The molecule has 1 aromatic heterocycles. The van der Waals surface area contributed by atoms with Gasteiger partial charge in [0, 0.05) is 6.04 Å². The summed E-state index contributed by atoms with van der Waals surface area (Å²) in [4.78, 5) is 12.7. The summed E-state index contributed by atoms with van der Waals surface area (Å²) >= 11 is 1.35. The van der Waals surface area contributed by atoms with Crippen LogP contribution in [0.15, 0.2) is 12.1 Å². The maximum atomic E-state index is 12.0. The van der Waals surface area contributed by atoms with Gasteiger partial charge in [-0.3, -0.25) is 4.79 Å². The lowest BCUT2D eigenvalue weighted by atomic mass is 9.98. The molecule has 4 nitrogen and oxygen atoms in total. The van der Waals surface area contributed by atoms with E-state index in [4.69, 9.17) is 15.2 Å². The fourth-order valence-electron chi connectivity index (χ4n) is 1.59. The van der Waals surface area contributed by atoms with E-state index in [0.717, 1.165) is 5.06 Å². The van der Waals surface area contributed by atoms with Crippen LogP contribution in [0.2, 0.25) is 0 Å². The van der Waals surface area contributed by atoms with E-state index in [9.17, 15) is 4.79 Å². The van der Waals surface area contributed by atoms with Gasteiger partial charge in [0.2, 0.25) is 0 Å². The third-order valence-corrected chi connectivity index (χ3v) is 3.55. The summed E-state index contributed by atoms with van der Waals surface area (Å²) in [6, 6.07) is 3.39. The Morgan fingerprint density at radius 1 is 1.60 bits per heavy atom. The second-order valence-corrected chi connectivity index (χ2v) is 4.54. The number of Topliss-reactive ketones (excluding diaryl/α,β-unsaturated/α-hetero) is 1. The van der Waals surface area contributed by atoms with Crippen LogP contribution in [0.5, 0.6) is 5.06 Å². The molecular weight excluding hydrogens is 214 g/mol. The molecule has 1 aliphatic heterocycles. The van der Waals surface area contributed by atoms with Gasteiger partial charge in [0.1, 0.15) is 0 Å². The number of ketones is 1. The third-order valence-electron chi connectivity index (χ3n) is 2.49. The highest BCUT2D eigenvalue weighted by atomic mass is 32.1. The molecule has 5 heteroatoms. The lowest BCUT2D eigenvalue weighted by molar-refractivity contribution is 0.0900. The van der Waals surface area contributed by atoms with Crippen LogP contribution in [-0.2, 0) is 4.74 Å². The number of rotatable bonds is 3. The first-order valence-electron chi connectivity index (χ1n) is 4.73. The Bertz CT molecular complexity index is 363. The minimum Gasteiger partial charge on any atom is -0.487 e. The molecule has 0 amide bonds. The van der Waals surface area contributed by atoms with Crippen molar-refractivity contribution in [2.24, 2.45) is 11.7 Å². The van der Waals surface area contributed by atoms with E-state index in [1.165, 1.54) is 11.3 Å². The normalized spacial score (nSPS) is 25.5. The number of methoxy groups -OCH3 is 1. The number of hydrogen-bond acceptors (Lipinski definition) is 5. The maximum Gasteiger partial charge on any atom is 0.179 e. The van der Waals surface area contributed by atoms with Gasteiger partial charge >= 0.3 is 0 Å². The molecule has 82 valence electrons. The van der Waals surface area contributed by atoms with Crippen LogP contribution in [0.1, 0.15) is 9.67 Å². The molecule has 1 fully saturated rings. The predicted octanol–water partition coefficient (Wildman–Crippen LogP) is 0.913. The van der Waals surface area contributed by atoms with E-state index in [2.05, 4.69) is 0 Å². The Balaban J connectivity index is 2.13. The molecule has 1 saturated heterocycles. The van der Waals surface area contributed by atoms with Crippen LogP contribution in [0.25, 0.3) is 0 Å². The topological polar surface area (TPSA) is 61.5 Å². The standard InChI is InChI=1S/C10H13NO3S/c1-13-9-3-2-8(15-9)10(12)6-4-14-5-7(6)11/h2-3,6-7H,4-5,11H2,1H3. The minimum absolute atomic E-state index is 0.0632. The molecule has 0 aliphatic carbocycles. The number of thiophene rings is 1. The average molecular weight is 227 g/mol. The second kappa shape index (κ2) is 4.30. The molecule has 2 N–H and O–H groups in total. The predicted molar refractivity (Wildman–Crippen MR) is 57.5 cm³/mol. The molecule has 0 saturated carbocycles. The van der Waals surface area contributed by atoms with Gasteiger partial charge < -0.3 is 15.2 Å². The fraction of sp³-hybridized carbons (Fsp3) is 0.500. The van der Waals surface area contributed by atoms with E-state index in [1.807, 2.05) is 0 Å². The van der Waals surface area contributed by atoms with E-state index in [-0.39, 0.29) is 17.7 Å². The number of nitrogens with two attached hydrogens (primary N) is 1. The number of hydrogen-bond donors (Lipinski definition) is 1. The number of carbonyl (C=O) groups excluding carboxylic acids is 1. The lowest BCUT2D eigenvalue weighted by Crippen LogP contribution is -2.33. The van der Waals surface area contributed by atoms with Crippen molar-refractivity contribution in [3.8, 4) is 5.06 Å². The van der Waals surface area contributed by atoms with Crippen molar-refractivity contribution in [1.29, 1.82) is 0 Å². The molecular formula is C10H13NO3S. The molecule has 0 aromatic carbocycles. The Morgan fingerprint density at radius 3 is 2.93 bits per heavy atom. The third kappa shape index (κ3) is 2.04. The highest BCUT2D eigenvalue weighted by molar-refractivity contribution is 7.15. The van der Waals surface area contributed by atoms with Gasteiger partial charge in [0.15, 0.2) is 10.8 Å². The van der Waals surface area contributed by atoms with E-state index >= 15 is 0 Å². The van der Waals surface area contributed by atoms with Crippen LogP contribution < -0.4 is 10.5 Å². The number of ether oxygens (including phenoxy) is 2. The maximum absolute atomic E-state index is 12.0. The van der Waals surface area contributed by atoms with E-state index < -0.39 is 0 Å². The van der Waals surface area contributed by atoms with Crippen molar-refractivity contribution in [1.82, 2.24) is 0 Å². The summed E-state index contributed by atoms with van der Waals surface area (Å²) in [5.74, 6) is -0.137. The Labute approximate surface area is 92.0 Å². The van der Waals surface area contributed by atoms with Gasteiger partial charge in [-0.05, 0) is 12.1 Å². The average Bonchev–Trinajstić information content (AvgIpc) is 2.84. The summed E-state index contributed by atoms with van der Waals surface area (Å²) in [5.41, 5.74) is 5.78. The highest BCUT2D eigenvalue weighted by Crippen LogP contribution is 2.27. The van der Waals surface area contributed by atoms with Crippen molar-refractivity contribution >= 4 is 17.1 Å². The van der Waals surface area contributed by atoms with Crippen LogP contribution >= 0.6 is 11.3 Å². The van der Waals surface area contributed by atoms with Crippen molar-refractivity contribution in [2.45, 2.75) is 6.04 Å². The van der Waals surface area contributed by atoms with E-state index in [1.54, 1.807) is 19.2 Å². The van der Waals surface area contributed by atoms with Crippen LogP contribution in [0.3, 0.4) is 0 Å². The Morgan fingerprint density at radius 2 is 2.40 bits per heavy atom. The molecule has 15 heavy (non-hydrogen) atoms. The SMILES string of the molecule is COc1ccc(C(=O)C2COCC2N)s1. The zero-order valence-corrected chi connectivity index (χ0v) is 9.25. The minimum atomic E-state index is -0.201. The molecule has 0 radical (unpaired) electrons. The smallest absolute Gasteiger partial charge is 0.179 e. The monoisotopic (exact) mass is 227 g/mol.